The highest BCUT2D eigenvalue weighted by atomic mass is 16.5. The minimum absolute atomic E-state index is 0.0502. The van der Waals surface area contributed by atoms with Crippen molar-refractivity contribution < 1.29 is 14.3 Å². The van der Waals surface area contributed by atoms with E-state index < -0.39 is 0 Å². The molecular formula is C27H40N2O3. The molecule has 0 radical (unpaired) electrons. The summed E-state index contributed by atoms with van der Waals surface area (Å²) in [6.07, 6.45) is 13.4. The van der Waals surface area contributed by atoms with E-state index >= 15 is 0 Å². The number of nitrogens with zero attached hydrogens (tertiary/aromatic N) is 1. The van der Waals surface area contributed by atoms with E-state index in [-0.39, 0.29) is 11.8 Å². The minimum atomic E-state index is -0.169. The van der Waals surface area contributed by atoms with E-state index in [1.54, 1.807) is 0 Å². The molecule has 0 saturated heterocycles. The van der Waals surface area contributed by atoms with Crippen LogP contribution in [-0.4, -0.2) is 29.5 Å². The third-order valence-corrected chi connectivity index (χ3v) is 5.67. The highest BCUT2D eigenvalue weighted by Gasteiger charge is 2.16. The van der Waals surface area contributed by atoms with E-state index in [9.17, 15) is 9.59 Å². The molecule has 0 aliphatic carbocycles. The molecule has 0 fully saturated rings. The highest BCUT2D eigenvalue weighted by Crippen LogP contribution is 2.20. The fourth-order valence-corrected chi connectivity index (χ4v) is 3.87. The zero-order valence-corrected chi connectivity index (χ0v) is 20.1. The van der Waals surface area contributed by atoms with Crippen molar-refractivity contribution in [3.05, 3.63) is 53.3 Å². The van der Waals surface area contributed by atoms with Crippen molar-refractivity contribution in [1.29, 1.82) is 0 Å². The molecule has 0 atom stereocenters. The lowest BCUT2D eigenvalue weighted by molar-refractivity contribution is -0.143. The van der Waals surface area contributed by atoms with Crippen LogP contribution in [0, 0.1) is 0 Å². The molecule has 32 heavy (non-hydrogen) atoms. The number of anilines is 1. The number of esters is 1. The monoisotopic (exact) mass is 440 g/mol. The van der Waals surface area contributed by atoms with Gasteiger partial charge in [0.25, 0.3) is 0 Å². The van der Waals surface area contributed by atoms with Crippen LogP contribution in [0.3, 0.4) is 0 Å². The van der Waals surface area contributed by atoms with Crippen molar-refractivity contribution in [2.24, 2.45) is 0 Å². The average Bonchev–Trinajstić information content (AvgIpc) is 3.21. The number of hydrogen-bond acceptors (Lipinski definition) is 4. The number of ether oxygens (including phenoxy) is 1. The Morgan fingerprint density at radius 1 is 0.969 bits per heavy atom. The average molecular weight is 441 g/mol. The lowest BCUT2D eigenvalue weighted by Gasteiger charge is -2.08. The first kappa shape index (κ1) is 25.7. The summed E-state index contributed by atoms with van der Waals surface area (Å²) in [5.74, 6) is -0.119. The van der Waals surface area contributed by atoms with E-state index in [0.717, 1.165) is 36.2 Å². The van der Waals surface area contributed by atoms with Crippen molar-refractivity contribution in [2.45, 2.75) is 85.1 Å². The summed E-state index contributed by atoms with van der Waals surface area (Å²) in [7, 11) is 0. The molecule has 1 aromatic heterocycles. The lowest BCUT2D eigenvalue weighted by atomic mass is 10.0. The van der Waals surface area contributed by atoms with Gasteiger partial charge in [0.2, 0.25) is 0 Å². The van der Waals surface area contributed by atoms with Gasteiger partial charge in [0.05, 0.1) is 6.61 Å². The SMILES string of the molecule is CCCCCCCCNc1cccc(C(=O)c2cn(CCCC(=O)OCC)cc2CC)c1. The van der Waals surface area contributed by atoms with Crippen LogP contribution >= 0.6 is 0 Å². The minimum Gasteiger partial charge on any atom is -0.466 e. The summed E-state index contributed by atoms with van der Waals surface area (Å²) in [6.45, 7) is 8.15. The number of ketones is 1. The number of aromatic nitrogens is 1. The second-order valence-corrected chi connectivity index (χ2v) is 8.30. The largest absolute Gasteiger partial charge is 0.466 e. The molecule has 1 aromatic carbocycles. The van der Waals surface area contributed by atoms with Gasteiger partial charge in [-0.05, 0) is 43.9 Å². The maximum absolute atomic E-state index is 13.2. The number of rotatable bonds is 16. The van der Waals surface area contributed by atoms with Crippen LogP contribution in [-0.2, 0) is 22.5 Å². The second-order valence-electron chi connectivity index (χ2n) is 8.30. The molecule has 0 spiro atoms. The number of carbonyl (C=O) groups excluding carboxylic acids is 2. The molecular weight excluding hydrogens is 400 g/mol. The molecule has 1 N–H and O–H groups in total. The molecule has 0 aliphatic heterocycles. The fourth-order valence-electron chi connectivity index (χ4n) is 3.87. The molecule has 0 bridgehead atoms. The van der Waals surface area contributed by atoms with Gasteiger partial charge in [-0.2, -0.15) is 0 Å². The van der Waals surface area contributed by atoms with Crippen LogP contribution in [0.4, 0.5) is 5.69 Å². The van der Waals surface area contributed by atoms with Gasteiger partial charge < -0.3 is 14.6 Å². The molecule has 0 amide bonds. The van der Waals surface area contributed by atoms with Gasteiger partial charge in [0.1, 0.15) is 0 Å². The summed E-state index contributed by atoms with van der Waals surface area (Å²) in [5.41, 5.74) is 3.49. The van der Waals surface area contributed by atoms with Crippen LogP contribution in [0.25, 0.3) is 0 Å². The summed E-state index contributed by atoms with van der Waals surface area (Å²) in [5, 5.41) is 3.46. The van der Waals surface area contributed by atoms with Crippen molar-refractivity contribution in [3.63, 3.8) is 0 Å². The quantitative estimate of drug-likeness (QED) is 0.186. The maximum Gasteiger partial charge on any atom is 0.305 e. The van der Waals surface area contributed by atoms with Gasteiger partial charge in [-0.3, -0.25) is 9.59 Å². The van der Waals surface area contributed by atoms with E-state index in [4.69, 9.17) is 4.74 Å². The molecule has 5 nitrogen and oxygen atoms in total. The predicted octanol–water partition coefficient (Wildman–Crippen LogP) is 6.40. The van der Waals surface area contributed by atoms with Crippen molar-refractivity contribution in [1.82, 2.24) is 4.57 Å². The molecule has 1 heterocycles. The van der Waals surface area contributed by atoms with Crippen LogP contribution in [0.5, 0.6) is 0 Å². The molecule has 2 aromatic rings. The Morgan fingerprint density at radius 3 is 2.50 bits per heavy atom. The van der Waals surface area contributed by atoms with Crippen LogP contribution in [0.1, 0.15) is 93.6 Å². The maximum atomic E-state index is 13.2. The highest BCUT2D eigenvalue weighted by molar-refractivity contribution is 6.10. The Balaban J connectivity index is 1.93. The van der Waals surface area contributed by atoms with Gasteiger partial charge in [-0.1, -0.05) is 58.1 Å². The van der Waals surface area contributed by atoms with Crippen molar-refractivity contribution in [3.8, 4) is 0 Å². The summed E-state index contributed by atoms with van der Waals surface area (Å²) >= 11 is 0. The van der Waals surface area contributed by atoms with E-state index in [0.29, 0.717) is 31.6 Å². The normalized spacial score (nSPS) is 10.8. The molecule has 176 valence electrons. The third kappa shape index (κ3) is 8.52. The Kier molecular flexibility index (Phi) is 11.6. The van der Waals surface area contributed by atoms with Gasteiger partial charge in [0.15, 0.2) is 5.78 Å². The second kappa shape index (κ2) is 14.5. The molecule has 2 rings (SSSR count). The van der Waals surface area contributed by atoms with Gasteiger partial charge >= 0.3 is 5.97 Å². The fraction of sp³-hybridized carbons (Fsp3) is 0.556. The summed E-state index contributed by atoms with van der Waals surface area (Å²) in [4.78, 5) is 24.8. The molecule has 0 aliphatic rings. The molecule has 0 saturated carbocycles. The number of aryl methyl sites for hydroxylation is 2. The van der Waals surface area contributed by atoms with Crippen molar-refractivity contribution in [2.75, 3.05) is 18.5 Å². The van der Waals surface area contributed by atoms with Crippen molar-refractivity contribution >= 4 is 17.4 Å². The Labute approximate surface area is 193 Å². The van der Waals surface area contributed by atoms with Crippen LogP contribution in [0.15, 0.2) is 36.7 Å². The van der Waals surface area contributed by atoms with E-state index in [1.165, 1.54) is 32.1 Å². The predicted molar refractivity (Wildman–Crippen MR) is 131 cm³/mol. The molecule has 0 unspecified atom stereocenters. The van der Waals surface area contributed by atoms with E-state index in [2.05, 4.69) is 19.2 Å². The van der Waals surface area contributed by atoms with Gasteiger partial charge in [0, 0.05) is 48.7 Å². The Morgan fingerprint density at radius 2 is 1.75 bits per heavy atom. The number of benzene rings is 1. The first-order valence-electron chi connectivity index (χ1n) is 12.3. The third-order valence-electron chi connectivity index (χ3n) is 5.67. The first-order chi connectivity index (χ1) is 15.6. The number of nitrogens with one attached hydrogen (secondary N) is 1. The summed E-state index contributed by atoms with van der Waals surface area (Å²) < 4.78 is 7.01. The molecule has 5 heteroatoms. The van der Waals surface area contributed by atoms with Crippen LogP contribution in [0.2, 0.25) is 0 Å². The number of hydrogen-bond donors (Lipinski definition) is 1. The Hall–Kier alpha value is -2.56. The zero-order chi connectivity index (χ0) is 23.2. The zero-order valence-electron chi connectivity index (χ0n) is 20.1. The number of carbonyl (C=O) groups is 2. The van der Waals surface area contributed by atoms with E-state index in [1.807, 2.05) is 48.1 Å². The smallest absolute Gasteiger partial charge is 0.305 e. The van der Waals surface area contributed by atoms with Gasteiger partial charge in [-0.25, -0.2) is 0 Å². The van der Waals surface area contributed by atoms with Gasteiger partial charge in [-0.15, -0.1) is 0 Å². The number of unbranched alkanes of at least 4 members (excludes halogenated alkanes) is 5. The first-order valence-corrected chi connectivity index (χ1v) is 12.3. The Bertz CT molecular complexity index is 841. The van der Waals surface area contributed by atoms with Crippen LogP contribution < -0.4 is 5.32 Å². The lowest BCUT2D eigenvalue weighted by Crippen LogP contribution is -2.06. The summed E-state index contributed by atoms with van der Waals surface area (Å²) in [6, 6.07) is 7.81. The standard InChI is InChI=1S/C27H40N2O3/c1-4-7-8-9-10-11-17-28-24-15-12-14-23(19-24)27(31)25-21-29(20-22(25)5-2)18-13-16-26(30)32-6-3/h12,14-15,19-21,28H,4-11,13,16-18H2,1-3H3. The topological polar surface area (TPSA) is 60.3 Å².